The number of piperidine rings is 1. The Morgan fingerprint density at radius 1 is 1.00 bits per heavy atom. The fourth-order valence-corrected chi connectivity index (χ4v) is 4.78. The van der Waals surface area contributed by atoms with Gasteiger partial charge in [0.2, 0.25) is 15.9 Å². The average Bonchev–Trinajstić information content (AvgIpc) is 2.83. The number of nitrogens with zero attached hydrogens (tertiary/aromatic N) is 1. The van der Waals surface area contributed by atoms with Crippen molar-refractivity contribution in [2.24, 2.45) is 11.1 Å². The largest absolute Gasteiger partial charge is 0.497 e. The van der Waals surface area contributed by atoms with Crippen molar-refractivity contribution in [3.05, 3.63) is 53.6 Å². The van der Waals surface area contributed by atoms with Gasteiger partial charge in [-0.3, -0.25) is 9.69 Å². The number of nitrogens with two attached hydrogens (primary N) is 1. The van der Waals surface area contributed by atoms with E-state index >= 15 is 0 Å². The summed E-state index contributed by atoms with van der Waals surface area (Å²) in [4.78, 5) is 14.6. The van der Waals surface area contributed by atoms with Crippen LogP contribution in [0, 0.1) is 5.92 Å². The normalized spacial score (nSPS) is 15.1. The predicted molar refractivity (Wildman–Crippen MR) is 132 cm³/mol. The van der Waals surface area contributed by atoms with Crippen LogP contribution in [0.15, 0.2) is 47.4 Å². The molecule has 0 bridgehead atoms. The van der Waals surface area contributed by atoms with Gasteiger partial charge in [0.25, 0.3) is 0 Å². The van der Waals surface area contributed by atoms with Crippen LogP contribution in [0.2, 0.25) is 0 Å². The molecule has 2 aromatic rings. The van der Waals surface area contributed by atoms with Crippen molar-refractivity contribution in [3.8, 4) is 11.5 Å². The monoisotopic (exact) mass is 489 g/mol. The second-order valence-electron chi connectivity index (χ2n) is 8.77. The molecule has 0 aromatic heterocycles. The molecule has 3 N–H and O–H groups in total. The van der Waals surface area contributed by atoms with Crippen LogP contribution in [0.4, 0.5) is 0 Å². The molecule has 186 valence electrons. The first-order valence-corrected chi connectivity index (χ1v) is 13.1. The molecule has 1 aliphatic rings. The van der Waals surface area contributed by atoms with Gasteiger partial charge in [0.1, 0.15) is 11.5 Å². The number of likely N-dealkylation sites (tertiary alicyclic amines) is 1. The van der Waals surface area contributed by atoms with Gasteiger partial charge in [0.15, 0.2) is 0 Å². The first kappa shape index (κ1) is 26.0. The fraction of sp³-hybridized carbons (Fsp3) is 0.480. The molecule has 0 unspecified atom stereocenters. The van der Waals surface area contributed by atoms with E-state index in [2.05, 4.69) is 22.3 Å². The molecule has 0 radical (unpaired) electrons. The lowest BCUT2D eigenvalue weighted by Gasteiger charge is -2.31. The number of nitrogens with one attached hydrogen (secondary N) is 1. The number of amides is 1. The highest BCUT2D eigenvalue weighted by molar-refractivity contribution is 7.89. The van der Waals surface area contributed by atoms with Crippen LogP contribution >= 0.6 is 0 Å². The number of primary sulfonamides is 1. The molecule has 34 heavy (non-hydrogen) atoms. The smallest absolute Gasteiger partial charge is 0.238 e. The Kier molecular flexibility index (Phi) is 9.32. The third-order valence-electron chi connectivity index (χ3n) is 6.31. The summed E-state index contributed by atoms with van der Waals surface area (Å²) in [6, 6.07) is 12.4. The lowest BCUT2D eigenvalue weighted by Crippen LogP contribution is -2.42. The SMILES string of the molecule is COc1cc(CCC2CCN(CC(=O)NCCc3ccc(S(N)(=O)=O)cc3)CC2)cc(OC)c1. The topological polar surface area (TPSA) is 111 Å². The minimum absolute atomic E-state index is 0.0167. The Balaban J connectivity index is 1.34. The van der Waals surface area contributed by atoms with E-state index in [1.807, 2.05) is 6.07 Å². The van der Waals surface area contributed by atoms with Crippen LogP contribution in [0.1, 0.15) is 30.4 Å². The average molecular weight is 490 g/mol. The number of carbonyl (C=O) groups excluding carboxylic acids is 1. The van der Waals surface area contributed by atoms with Crippen LogP contribution in [0.25, 0.3) is 0 Å². The number of sulfonamides is 1. The van der Waals surface area contributed by atoms with Crippen molar-refractivity contribution in [2.75, 3.05) is 40.4 Å². The first-order chi connectivity index (χ1) is 16.3. The molecule has 1 heterocycles. The number of rotatable bonds is 11. The first-order valence-electron chi connectivity index (χ1n) is 11.6. The number of carbonyl (C=O) groups is 1. The Morgan fingerprint density at radius 3 is 2.18 bits per heavy atom. The molecule has 0 aliphatic carbocycles. The fourth-order valence-electron chi connectivity index (χ4n) is 4.27. The summed E-state index contributed by atoms with van der Waals surface area (Å²) in [7, 11) is -0.353. The molecule has 1 amide bonds. The van der Waals surface area contributed by atoms with E-state index < -0.39 is 10.0 Å². The zero-order valence-electron chi connectivity index (χ0n) is 20.0. The van der Waals surface area contributed by atoms with Crippen molar-refractivity contribution in [3.63, 3.8) is 0 Å². The molecule has 1 saturated heterocycles. The maximum absolute atomic E-state index is 12.3. The second kappa shape index (κ2) is 12.2. The molecule has 8 nitrogen and oxygen atoms in total. The summed E-state index contributed by atoms with van der Waals surface area (Å²) in [6.45, 7) is 2.77. The zero-order valence-corrected chi connectivity index (χ0v) is 20.8. The number of hydrogen-bond acceptors (Lipinski definition) is 6. The summed E-state index contributed by atoms with van der Waals surface area (Å²) in [6.07, 6.45) is 4.90. The van der Waals surface area contributed by atoms with Crippen LogP contribution in [-0.4, -0.2) is 59.6 Å². The second-order valence-corrected chi connectivity index (χ2v) is 10.3. The Bertz CT molecular complexity index is 1030. The van der Waals surface area contributed by atoms with E-state index in [0.717, 1.165) is 55.8 Å². The Morgan fingerprint density at radius 2 is 1.62 bits per heavy atom. The highest BCUT2D eigenvalue weighted by Gasteiger charge is 2.21. The van der Waals surface area contributed by atoms with Crippen molar-refractivity contribution in [2.45, 2.75) is 37.0 Å². The summed E-state index contributed by atoms with van der Waals surface area (Å²) >= 11 is 0. The van der Waals surface area contributed by atoms with Gasteiger partial charge < -0.3 is 14.8 Å². The molecule has 1 fully saturated rings. The van der Waals surface area contributed by atoms with E-state index in [1.54, 1.807) is 26.4 Å². The third kappa shape index (κ3) is 8.00. The lowest BCUT2D eigenvalue weighted by molar-refractivity contribution is -0.122. The minimum atomic E-state index is -3.68. The van der Waals surface area contributed by atoms with Crippen LogP contribution in [0.5, 0.6) is 11.5 Å². The van der Waals surface area contributed by atoms with E-state index in [0.29, 0.717) is 25.4 Å². The summed E-state index contributed by atoms with van der Waals surface area (Å²) in [5.41, 5.74) is 2.17. The molecule has 3 rings (SSSR count). The van der Waals surface area contributed by atoms with Gasteiger partial charge >= 0.3 is 0 Å². The van der Waals surface area contributed by atoms with Crippen molar-refractivity contribution < 1.29 is 22.7 Å². The van der Waals surface area contributed by atoms with Gasteiger partial charge in [-0.15, -0.1) is 0 Å². The maximum Gasteiger partial charge on any atom is 0.238 e. The van der Waals surface area contributed by atoms with E-state index in [1.165, 1.54) is 17.7 Å². The molecule has 0 spiro atoms. The van der Waals surface area contributed by atoms with Gasteiger partial charge in [-0.25, -0.2) is 13.6 Å². The summed E-state index contributed by atoms with van der Waals surface area (Å²) in [5.74, 6) is 2.30. The maximum atomic E-state index is 12.3. The Labute approximate surface area is 202 Å². The quantitative estimate of drug-likeness (QED) is 0.501. The molecular formula is C25H35N3O5S. The van der Waals surface area contributed by atoms with Crippen molar-refractivity contribution >= 4 is 15.9 Å². The summed E-state index contributed by atoms with van der Waals surface area (Å²) < 4.78 is 33.3. The summed E-state index contributed by atoms with van der Waals surface area (Å²) in [5, 5.41) is 8.07. The van der Waals surface area contributed by atoms with Crippen molar-refractivity contribution in [1.29, 1.82) is 0 Å². The molecule has 0 saturated carbocycles. The zero-order chi connectivity index (χ0) is 24.6. The molecular weight excluding hydrogens is 454 g/mol. The molecule has 2 aromatic carbocycles. The van der Waals surface area contributed by atoms with E-state index in [9.17, 15) is 13.2 Å². The number of methoxy groups -OCH3 is 2. The van der Waals surface area contributed by atoms with Gasteiger partial charge in [0.05, 0.1) is 25.7 Å². The number of ether oxygens (including phenoxy) is 2. The minimum Gasteiger partial charge on any atom is -0.497 e. The van der Waals surface area contributed by atoms with Crippen LogP contribution in [-0.2, 0) is 27.7 Å². The van der Waals surface area contributed by atoms with Gasteiger partial charge in [-0.2, -0.15) is 0 Å². The molecule has 9 heteroatoms. The number of hydrogen-bond donors (Lipinski definition) is 2. The number of aryl methyl sites for hydroxylation is 1. The molecule has 0 atom stereocenters. The standard InChI is InChI=1S/C25H35N3O5S/c1-32-22-15-21(16-23(17-22)33-2)4-3-20-10-13-28(14-11-20)18-25(29)27-12-9-19-5-7-24(8-6-19)34(26,30)31/h5-8,15-17,20H,3-4,9-14,18H2,1-2H3,(H,27,29)(H2,26,30,31). The van der Waals surface area contributed by atoms with Crippen LogP contribution in [0.3, 0.4) is 0 Å². The van der Waals surface area contributed by atoms with Gasteiger partial charge in [-0.05, 0) is 86.5 Å². The highest BCUT2D eigenvalue weighted by atomic mass is 32.2. The predicted octanol–water partition coefficient (Wildman–Crippen LogP) is 2.35. The van der Waals surface area contributed by atoms with Gasteiger partial charge in [0, 0.05) is 12.6 Å². The highest BCUT2D eigenvalue weighted by Crippen LogP contribution is 2.26. The number of benzene rings is 2. The lowest BCUT2D eigenvalue weighted by atomic mass is 9.90. The van der Waals surface area contributed by atoms with E-state index in [4.69, 9.17) is 14.6 Å². The Hall–Kier alpha value is -2.62. The van der Waals surface area contributed by atoms with Gasteiger partial charge in [-0.1, -0.05) is 12.1 Å². The van der Waals surface area contributed by atoms with E-state index in [-0.39, 0.29) is 10.8 Å². The molecule has 1 aliphatic heterocycles. The van der Waals surface area contributed by atoms with Crippen LogP contribution < -0.4 is 19.9 Å². The third-order valence-corrected chi connectivity index (χ3v) is 7.24. The van der Waals surface area contributed by atoms with Crippen molar-refractivity contribution in [1.82, 2.24) is 10.2 Å².